The van der Waals surface area contributed by atoms with Gasteiger partial charge >= 0.3 is 0 Å². The van der Waals surface area contributed by atoms with E-state index in [1.165, 1.54) is 30.5 Å². The highest BCUT2D eigenvalue weighted by atomic mass is 19.1. The van der Waals surface area contributed by atoms with Crippen LogP contribution in [-0.4, -0.2) is 17.8 Å². The van der Waals surface area contributed by atoms with E-state index in [2.05, 4.69) is 12.2 Å². The number of rotatable bonds is 7. The van der Waals surface area contributed by atoms with Gasteiger partial charge in [0.2, 0.25) is 0 Å². The van der Waals surface area contributed by atoms with E-state index in [1.54, 1.807) is 0 Å². The van der Waals surface area contributed by atoms with E-state index in [4.69, 9.17) is 5.11 Å². The summed E-state index contributed by atoms with van der Waals surface area (Å²) >= 11 is 0. The number of nitrogens with one attached hydrogen (secondary N) is 1. The van der Waals surface area contributed by atoms with Crippen LogP contribution in [0.4, 0.5) is 4.39 Å². The van der Waals surface area contributed by atoms with Crippen molar-refractivity contribution in [3.05, 3.63) is 35.6 Å². The van der Waals surface area contributed by atoms with Crippen LogP contribution in [-0.2, 0) is 0 Å². The van der Waals surface area contributed by atoms with Crippen LogP contribution in [0.25, 0.3) is 0 Å². The zero-order chi connectivity index (χ0) is 13.0. The highest BCUT2D eigenvalue weighted by Gasteiger charge is 2.32. The fraction of sp³-hybridized carbons (Fsp3) is 0.600. The Morgan fingerprint density at radius 2 is 2.00 bits per heavy atom. The van der Waals surface area contributed by atoms with Crippen LogP contribution in [0, 0.1) is 11.7 Å². The Balaban J connectivity index is 1.97. The van der Waals surface area contributed by atoms with Crippen molar-refractivity contribution in [1.82, 2.24) is 5.32 Å². The number of aliphatic hydroxyl groups is 1. The van der Waals surface area contributed by atoms with E-state index in [0.29, 0.717) is 18.0 Å². The van der Waals surface area contributed by atoms with Gasteiger partial charge in [0, 0.05) is 18.7 Å². The molecule has 2 unspecified atom stereocenters. The Bertz CT molecular complexity index is 361. The Hall–Kier alpha value is -0.930. The maximum Gasteiger partial charge on any atom is 0.123 e. The SMILES string of the molecule is CC(CCCO)NC(c1ccc(F)cc1)C1CC1. The first kappa shape index (κ1) is 13.5. The minimum absolute atomic E-state index is 0.179. The third-order valence-electron chi connectivity index (χ3n) is 3.58. The molecule has 0 bridgehead atoms. The summed E-state index contributed by atoms with van der Waals surface area (Å²) in [7, 11) is 0. The van der Waals surface area contributed by atoms with E-state index in [9.17, 15) is 4.39 Å². The fourth-order valence-electron chi connectivity index (χ4n) is 2.39. The summed E-state index contributed by atoms with van der Waals surface area (Å²) < 4.78 is 12.9. The lowest BCUT2D eigenvalue weighted by Crippen LogP contribution is -2.32. The third-order valence-corrected chi connectivity index (χ3v) is 3.58. The molecule has 0 amide bonds. The first-order valence-electron chi connectivity index (χ1n) is 6.83. The van der Waals surface area contributed by atoms with Crippen molar-refractivity contribution in [1.29, 1.82) is 0 Å². The monoisotopic (exact) mass is 251 g/mol. The average molecular weight is 251 g/mol. The number of hydrogen-bond donors (Lipinski definition) is 2. The highest BCUT2D eigenvalue weighted by Crippen LogP contribution is 2.41. The Kier molecular flexibility index (Phi) is 4.72. The van der Waals surface area contributed by atoms with E-state index in [1.807, 2.05) is 12.1 Å². The minimum atomic E-state index is -0.179. The molecule has 0 aromatic heterocycles. The van der Waals surface area contributed by atoms with Crippen molar-refractivity contribution >= 4 is 0 Å². The summed E-state index contributed by atoms with van der Waals surface area (Å²) in [4.78, 5) is 0. The summed E-state index contributed by atoms with van der Waals surface area (Å²) in [6, 6.07) is 7.54. The van der Waals surface area contributed by atoms with Crippen molar-refractivity contribution in [3.8, 4) is 0 Å². The van der Waals surface area contributed by atoms with Crippen LogP contribution in [0.5, 0.6) is 0 Å². The first-order chi connectivity index (χ1) is 8.70. The fourth-order valence-corrected chi connectivity index (χ4v) is 2.39. The lowest BCUT2D eigenvalue weighted by atomic mass is 10.0. The Labute approximate surface area is 108 Å². The predicted molar refractivity (Wildman–Crippen MR) is 70.8 cm³/mol. The molecule has 100 valence electrons. The molecular formula is C15H22FNO. The van der Waals surface area contributed by atoms with Gasteiger partial charge in [-0.2, -0.15) is 0 Å². The largest absolute Gasteiger partial charge is 0.396 e. The zero-order valence-electron chi connectivity index (χ0n) is 10.9. The molecule has 3 heteroatoms. The van der Waals surface area contributed by atoms with Gasteiger partial charge in [0.1, 0.15) is 5.82 Å². The Morgan fingerprint density at radius 1 is 1.33 bits per heavy atom. The van der Waals surface area contributed by atoms with Crippen molar-refractivity contribution in [2.45, 2.75) is 44.7 Å². The van der Waals surface area contributed by atoms with Gasteiger partial charge in [-0.25, -0.2) is 4.39 Å². The van der Waals surface area contributed by atoms with Crippen molar-refractivity contribution < 1.29 is 9.50 Å². The van der Waals surface area contributed by atoms with E-state index >= 15 is 0 Å². The molecule has 0 aliphatic heterocycles. The van der Waals surface area contributed by atoms with E-state index in [0.717, 1.165) is 12.8 Å². The van der Waals surface area contributed by atoms with Gasteiger partial charge in [0.25, 0.3) is 0 Å². The molecule has 2 rings (SSSR count). The molecular weight excluding hydrogens is 229 g/mol. The summed E-state index contributed by atoms with van der Waals surface area (Å²) in [5, 5.41) is 12.5. The van der Waals surface area contributed by atoms with Gasteiger partial charge in [0.15, 0.2) is 0 Å². The molecule has 0 saturated heterocycles. The van der Waals surface area contributed by atoms with Gasteiger partial charge < -0.3 is 10.4 Å². The predicted octanol–water partition coefficient (Wildman–Crippen LogP) is 3.03. The van der Waals surface area contributed by atoms with E-state index in [-0.39, 0.29) is 12.4 Å². The average Bonchev–Trinajstić information content (AvgIpc) is 3.19. The maximum absolute atomic E-state index is 12.9. The summed E-state index contributed by atoms with van der Waals surface area (Å²) in [5.74, 6) is 0.508. The van der Waals surface area contributed by atoms with E-state index < -0.39 is 0 Å². The second kappa shape index (κ2) is 6.30. The van der Waals surface area contributed by atoms with Gasteiger partial charge in [-0.1, -0.05) is 12.1 Å². The number of aliphatic hydroxyl groups excluding tert-OH is 1. The van der Waals surface area contributed by atoms with Crippen molar-refractivity contribution in [2.24, 2.45) is 5.92 Å². The standard InChI is InChI=1S/C15H22FNO/c1-11(3-2-10-18)17-15(12-4-5-12)13-6-8-14(16)9-7-13/h6-9,11-12,15,17-18H,2-5,10H2,1H3. The minimum Gasteiger partial charge on any atom is -0.396 e. The molecule has 0 heterocycles. The second-order valence-electron chi connectivity index (χ2n) is 5.30. The summed E-state index contributed by atoms with van der Waals surface area (Å²) in [5.41, 5.74) is 1.18. The van der Waals surface area contributed by atoms with Crippen LogP contribution in [0.3, 0.4) is 0 Å². The smallest absolute Gasteiger partial charge is 0.123 e. The molecule has 1 aromatic carbocycles. The molecule has 2 nitrogen and oxygen atoms in total. The molecule has 1 fully saturated rings. The van der Waals surface area contributed by atoms with Gasteiger partial charge in [-0.15, -0.1) is 0 Å². The zero-order valence-corrected chi connectivity index (χ0v) is 10.9. The molecule has 18 heavy (non-hydrogen) atoms. The van der Waals surface area contributed by atoms with Crippen molar-refractivity contribution in [3.63, 3.8) is 0 Å². The quantitative estimate of drug-likeness (QED) is 0.780. The lowest BCUT2D eigenvalue weighted by molar-refractivity contribution is 0.272. The summed E-state index contributed by atoms with van der Waals surface area (Å²) in [6.45, 7) is 2.39. The van der Waals surface area contributed by atoms with Gasteiger partial charge in [-0.05, 0) is 56.2 Å². The topological polar surface area (TPSA) is 32.3 Å². The lowest BCUT2D eigenvalue weighted by Gasteiger charge is -2.23. The number of benzene rings is 1. The molecule has 2 N–H and O–H groups in total. The first-order valence-corrected chi connectivity index (χ1v) is 6.83. The summed E-state index contributed by atoms with van der Waals surface area (Å²) in [6.07, 6.45) is 4.30. The van der Waals surface area contributed by atoms with Crippen LogP contribution in [0.15, 0.2) is 24.3 Å². The number of halogens is 1. The molecule has 1 saturated carbocycles. The molecule has 1 aliphatic rings. The van der Waals surface area contributed by atoms with Gasteiger partial charge in [0.05, 0.1) is 0 Å². The molecule has 0 spiro atoms. The second-order valence-corrected chi connectivity index (χ2v) is 5.30. The van der Waals surface area contributed by atoms with Crippen LogP contribution < -0.4 is 5.32 Å². The van der Waals surface area contributed by atoms with Gasteiger partial charge in [-0.3, -0.25) is 0 Å². The normalized spacial score (nSPS) is 18.6. The molecule has 0 radical (unpaired) electrons. The number of hydrogen-bond acceptors (Lipinski definition) is 2. The molecule has 1 aliphatic carbocycles. The molecule has 2 atom stereocenters. The van der Waals surface area contributed by atoms with Crippen LogP contribution >= 0.6 is 0 Å². The maximum atomic E-state index is 12.9. The van der Waals surface area contributed by atoms with Crippen LogP contribution in [0.2, 0.25) is 0 Å². The molecule has 1 aromatic rings. The Morgan fingerprint density at radius 3 is 2.56 bits per heavy atom. The third kappa shape index (κ3) is 3.79. The van der Waals surface area contributed by atoms with Crippen molar-refractivity contribution in [2.75, 3.05) is 6.61 Å². The van der Waals surface area contributed by atoms with Crippen LogP contribution in [0.1, 0.15) is 44.2 Å². The highest BCUT2D eigenvalue weighted by molar-refractivity contribution is 5.22.